The Labute approximate surface area is 116 Å². The Morgan fingerprint density at radius 1 is 1.11 bits per heavy atom. The third kappa shape index (κ3) is 3.01. The van der Waals surface area contributed by atoms with E-state index in [0.717, 1.165) is 25.9 Å². The van der Waals surface area contributed by atoms with Crippen molar-refractivity contribution in [3.8, 4) is 0 Å². The Morgan fingerprint density at radius 2 is 1.84 bits per heavy atom. The molecule has 0 saturated heterocycles. The molecule has 0 amide bonds. The van der Waals surface area contributed by atoms with Crippen molar-refractivity contribution in [1.29, 1.82) is 0 Å². The van der Waals surface area contributed by atoms with Gasteiger partial charge in [0.05, 0.1) is 5.60 Å². The molecule has 1 aromatic rings. The molecule has 104 valence electrons. The summed E-state index contributed by atoms with van der Waals surface area (Å²) in [6.07, 6.45) is 8.09. The van der Waals surface area contributed by atoms with E-state index in [9.17, 15) is 5.11 Å². The second-order valence-electron chi connectivity index (χ2n) is 6.37. The predicted molar refractivity (Wildman–Crippen MR) is 78.4 cm³/mol. The van der Waals surface area contributed by atoms with E-state index < -0.39 is 5.60 Å². The second kappa shape index (κ2) is 5.64. The summed E-state index contributed by atoms with van der Waals surface area (Å²) in [4.78, 5) is 0. The predicted octanol–water partition coefficient (Wildman–Crippen LogP) is 3.00. The first kappa shape index (κ1) is 13.1. The minimum atomic E-state index is -0.445. The SMILES string of the molecule is OC1(CNCC2Cc3ccccc32)CCCCCC1. The van der Waals surface area contributed by atoms with Crippen molar-refractivity contribution in [2.24, 2.45) is 0 Å². The maximum atomic E-state index is 10.6. The van der Waals surface area contributed by atoms with Crippen LogP contribution in [0.25, 0.3) is 0 Å². The van der Waals surface area contributed by atoms with Crippen LogP contribution in [0.1, 0.15) is 55.6 Å². The van der Waals surface area contributed by atoms with E-state index >= 15 is 0 Å². The quantitative estimate of drug-likeness (QED) is 0.815. The standard InChI is InChI=1S/C17H25NO/c19-17(9-5-1-2-6-10-17)13-18-12-15-11-14-7-3-4-8-16(14)15/h3-4,7-8,15,18-19H,1-2,5-6,9-13H2. The summed E-state index contributed by atoms with van der Waals surface area (Å²) < 4.78 is 0. The van der Waals surface area contributed by atoms with Crippen LogP contribution in [0.4, 0.5) is 0 Å². The lowest BCUT2D eigenvalue weighted by Crippen LogP contribution is -2.42. The lowest BCUT2D eigenvalue weighted by atomic mass is 9.77. The van der Waals surface area contributed by atoms with E-state index in [0.29, 0.717) is 5.92 Å². The van der Waals surface area contributed by atoms with E-state index in [1.54, 1.807) is 0 Å². The first-order valence-corrected chi connectivity index (χ1v) is 7.78. The summed E-state index contributed by atoms with van der Waals surface area (Å²) in [6, 6.07) is 8.72. The van der Waals surface area contributed by atoms with Gasteiger partial charge in [0.15, 0.2) is 0 Å². The molecule has 2 aliphatic carbocycles. The molecule has 2 aliphatic rings. The van der Waals surface area contributed by atoms with Crippen molar-refractivity contribution in [3.05, 3.63) is 35.4 Å². The van der Waals surface area contributed by atoms with E-state index in [4.69, 9.17) is 0 Å². The van der Waals surface area contributed by atoms with Crippen molar-refractivity contribution < 1.29 is 5.11 Å². The van der Waals surface area contributed by atoms with Crippen LogP contribution >= 0.6 is 0 Å². The van der Waals surface area contributed by atoms with Crippen LogP contribution in [-0.2, 0) is 6.42 Å². The average molecular weight is 259 g/mol. The van der Waals surface area contributed by atoms with Crippen LogP contribution in [0.3, 0.4) is 0 Å². The average Bonchev–Trinajstić information content (AvgIpc) is 2.60. The fourth-order valence-corrected chi connectivity index (χ4v) is 3.59. The second-order valence-corrected chi connectivity index (χ2v) is 6.37. The molecule has 1 atom stereocenters. The molecule has 2 nitrogen and oxygen atoms in total. The lowest BCUT2D eigenvalue weighted by Gasteiger charge is -2.32. The Hall–Kier alpha value is -0.860. The minimum absolute atomic E-state index is 0.445. The molecule has 0 spiro atoms. The summed E-state index contributed by atoms with van der Waals surface area (Å²) in [5.74, 6) is 0.658. The zero-order chi connectivity index (χ0) is 13.1. The maximum Gasteiger partial charge on any atom is 0.0771 e. The van der Waals surface area contributed by atoms with E-state index in [1.165, 1.54) is 43.2 Å². The molecular weight excluding hydrogens is 234 g/mol. The third-order valence-electron chi connectivity index (χ3n) is 4.84. The Bertz CT molecular complexity index is 421. The summed E-state index contributed by atoms with van der Waals surface area (Å²) in [7, 11) is 0. The Balaban J connectivity index is 1.46. The monoisotopic (exact) mass is 259 g/mol. The molecule has 0 bridgehead atoms. The fourth-order valence-electron chi connectivity index (χ4n) is 3.59. The summed E-state index contributed by atoms with van der Waals surface area (Å²) in [6.45, 7) is 1.78. The third-order valence-corrected chi connectivity index (χ3v) is 4.84. The highest BCUT2D eigenvalue weighted by Crippen LogP contribution is 2.34. The van der Waals surface area contributed by atoms with Gasteiger partial charge in [0.2, 0.25) is 0 Å². The summed E-state index contributed by atoms with van der Waals surface area (Å²) in [5, 5.41) is 14.1. The smallest absolute Gasteiger partial charge is 0.0771 e. The first-order valence-electron chi connectivity index (χ1n) is 7.78. The van der Waals surface area contributed by atoms with Crippen LogP contribution < -0.4 is 5.32 Å². The highest BCUT2D eigenvalue weighted by atomic mass is 16.3. The molecule has 1 saturated carbocycles. The van der Waals surface area contributed by atoms with Gasteiger partial charge in [0.25, 0.3) is 0 Å². The van der Waals surface area contributed by atoms with Crippen molar-refractivity contribution >= 4 is 0 Å². The number of aliphatic hydroxyl groups is 1. The number of hydrogen-bond acceptors (Lipinski definition) is 2. The van der Waals surface area contributed by atoms with Gasteiger partial charge in [0, 0.05) is 19.0 Å². The Kier molecular flexibility index (Phi) is 3.90. The van der Waals surface area contributed by atoms with Crippen LogP contribution in [0.2, 0.25) is 0 Å². The fraction of sp³-hybridized carbons (Fsp3) is 0.647. The van der Waals surface area contributed by atoms with Crippen LogP contribution in [0, 0.1) is 0 Å². The van der Waals surface area contributed by atoms with Gasteiger partial charge >= 0.3 is 0 Å². The largest absolute Gasteiger partial charge is 0.389 e. The molecule has 1 unspecified atom stereocenters. The van der Waals surface area contributed by atoms with Crippen molar-refractivity contribution in [2.75, 3.05) is 13.1 Å². The highest BCUT2D eigenvalue weighted by molar-refractivity contribution is 5.40. The van der Waals surface area contributed by atoms with E-state index in [-0.39, 0.29) is 0 Å². The number of hydrogen-bond donors (Lipinski definition) is 2. The van der Waals surface area contributed by atoms with Gasteiger partial charge in [-0.15, -0.1) is 0 Å². The van der Waals surface area contributed by atoms with Gasteiger partial charge in [-0.05, 0) is 30.4 Å². The van der Waals surface area contributed by atoms with Gasteiger partial charge in [-0.2, -0.15) is 0 Å². The lowest BCUT2D eigenvalue weighted by molar-refractivity contribution is 0.0250. The maximum absolute atomic E-state index is 10.6. The van der Waals surface area contributed by atoms with Crippen molar-refractivity contribution in [1.82, 2.24) is 5.32 Å². The highest BCUT2D eigenvalue weighted by Gasteiger charge is 2.29. The molecule has 3 rings (SSSR count). The molecule has 0 radical (unpaired) electrons. The zero-order valence-corrected chi connectivity index (χ0v) is 11.7. The summed E-state index contributed by atoms with van der Waals surface area (Å²) >= 11 is 0. The first-order chi connectivity index (χ1) is 9.27. The van der Waals surface area contributed by atoms with Gasteiger partial charge in [-0.3, -0.25) is 0 Å². The topological polar surface area (TPSA) is 32.3 Å². The molecule has 0 heterocycles. The molecule has 2 heteroatoms. The zero-order valence-electron chi connectivity index (χ0n) is 11.7. The van der Waals surface area contributed by atoms with Crippen molar-refractivity contribution in [2.45, 2.75) is 56.5 Å². The molecule has 1 aromatic carbocycles. The molecule has 0 aliphatic heterocycles. The molecule has 2 N–H and O–H groups in total. The van der Waals surface area contributed by atoms with Crippen molar-refractivity contribution in [3.63, 3.8) is 0 Å². The number of fused-ring (bicyclic) bond motifs is 1. The van der Waals surface area contributed by atoms with Gasteiger partial charge in [-0.25, -0.2) is 0 Å². The van der Waals surface area contributed by atoms with E-state index in [1.807, 2.05) is 0 Å². The minimum Gasteiger partial charge on any atom is -0.389 e. The number of rotatable bonds is 4. The number of nitrogens with one attached hydrogen (secondary N) is 1. The number of benzene rings is 1. The van der Waals surface area contributed by atoms with Gasteiger partial charge in [-0.1, -0.05) is 49.9 Å². The van der Waals surface area contributed by atoms with E-state index in [2.05, 4.69) is 29.6 Å². The van der Waals surface area contributed by atoms with Crippen LogP contribution in [-0.4, -0.2) is 23.8 Å². The van der Waals surface area contributed by atoms with Gasteiger partial charge < -0.3 is 10.4 Å². The summed E-state index contributed by atoms with van der Waals surface area (Å²) in [5.41, 5.74) is 2.56. The van der Waals surface area contributed by atoms with Crippen LogP contribution in [0.5, 0.6) is 0 Å². The molecule has 0 aromatic heterocycles. The molecule has 19 heavy (non-hydrogen) atoms. The molecule has 1 fully saturated rings. The normalized spacial score (nSPS) is 25.2. The van der Waals surface area contributed by atoms with Crippen LogP contribution in [0.15, 0.2) is 24.3 Å². The van der Waals surface area contributed by atoms with Gasteiger partial charge in [0.1, 0.15) is 0 Å². The Morgan fingerprint density at radius 3 is 2.58 bits per heavy atom. The molecular formula is C17H25NO.